The number of benzene rings is 2. The fourth-order valence-corrected chi connectivity index (χ4v) is 2.94. The van der Waals surface area contributed by atoms with Gasteiger partial charge in [0.25, 0.3) is 0 Å². The Bertz CT molecular complexity index is 599. The Morgan fingerprint density at radius 2 is 1.65 bits per heavy atom. The van der Waals surface area contributed by atoms with Crippen LogP contribution in [0.1, 0.15) is 43.5 Å². The van der Waals surface area contributed by atoms with Crippen LogP contribution in [0.4, 0.5) is 4.39 Å². The summed E-state index contributed by atoms with van der Waals surface area (Å²) in [7, 11) is 0. The van der Waals surface area contributed by atoms with Gasteiger partial charge in [-0.15, -0.1) is 0 Å². The van der Waals surface area contributed by atoms with Crippen LogP contribution in [0.2, 0.25) is 0 Å². The molecule has 0 amide bonds. The molecule has 0 bridgehead atoms. The van der Waals surface area contributed by atoms with E-state index in [1.807, 2.05) is 0 Å². The lowest BCUT2D eigenvalue weighted by Gasteiger charge is -2.20. The van der Waals surface area contributed by atoms with Gasteiger partial charge in [0.05, 0.1) is 6.04 Å². The van der Waals surface area contributed by atoms with Gasteiger partial charge in [0.1, 0.15) is 5.82 Å². The normalized spacial score (nSPS) is 13.3. The fraction of sp³-hybridized carbons (Fsp3) is 0.294. The summed E-state index contributed by atoms with van der Waals surface area (Å²) < 4.78 is 14.0. The van der Waals surface area contributed by atoms with Gasteiger partial charge in [0, 0.05) is 3.57 Å². The number of nitrogens with two attached hydrogens (primary N) is 1. The fourth-order valence-electron chi connectivity index (χ4n) is 2.12. The van der Waals surface area contributed by atoms with E-state index in [2.05, 4.69) is 67.6 Å². The van der Waals surface area contributed by atoms with Gasteiger partial charge in [0.15, 0.2) is 0 Å². The van der Waals surface area contributed by atoms with Gasteiger partial charge >= 0.3 is 0 Å². The molecule has 0 heterocycles. The maximum Gasteiger partial charge on any atom is 0.124 e. The van der Waals surface area contributed by atoms with Gasteiger partial charge in [-0.25, -0.2) is 4.39 Å². The van der Waals surface area contributed by atoms with E-state index in [0.717, 1.165) is 14.7 Å². The van der Waals surface area contributed by atoms with Crippen molar-refractivity contribution in [2.75, 3.05) is 0 Å². The summed E-state index contributed by atoms with van der Waals surface area (Å²) in [6, 6.07) is 12.9. The summed E-state index contributed by atoms with van der Waals surface area (Å²) in [4.78, 5) is 0. The lowest BCUT2D eigenvalue weighted by molar-refractivity contribution is 0.589. The standard InChI is InChI=1S/C17H19FIN/c1-17(2,3)12-6-4-11(5-7-12)16(20)14-9-8-13(18)10-15(14)19/h4-10,16H,20H2,1-3H3. The maximum atomic E-state index is 13.2. The molecule has 0 radical (unpaired) electrons. The Kier molecular flexibility index (Phi) is 4.49. The first-order valence-corrected chi connectivity index (χ1v) is 7.68. The first kappa shape index (κ1) is 15.4. The van der Waals surface area contributed by atoms with Crippen molar-refractivity contribution in [3.05, 3.63) is 68.5 Å². The van der Waals surface area contributed by atoms with Gasteiger partial charge in [-0.1, -0.05) is 51.1 Å². The summed E-state index contributed by atoms with van der Waals surface area (Å²) in [5, 5.41) is 0. The van der Waals surface area contributed by atoms with Crippen molar-refractivity contribution in [1.82, 2.24) is 0 Å². The molecule has 106 valence electrons. The van der Waals surface area contributed by atoms with E-state index < -0.39 is 0 Å². The van der Waals surface area contributed by atoms with Crippen molar-refractivity contribution in [2.24, 2.45) is 5.73 Å². The molecule has 2 aromatic rings. The Balaban J connectivity index is 2.31. The van der Waals surface area contributed by atoms with E-state index in [1.165, 1.54) is 17.7 Å². The van der Waals surface area contributed by atoms with Gasteiger partial charge < -0.3 is 5.73 Å². The van der Waals surface area contributed by atoms with E-state index in [0.29, 0.717) is 0 Å². The van der Waals surface area contributed by atoms with Crippen LogP contribution in [0.3, 0.4) is 0 Å². The van der Waals surface area contributed by atoms with Crippen molar-refractivity contribution in [1.29, 1.82) is 0 Å². The molecular weight excluding hydrogens is 364 g/mol. The third-order valence-electron chi connectivity index (χ3n) is 3.43. The molecule has 1 nitrogen and oxygen atoms in total. The molecule has 0 aliphatic heterocycles. The molecule has 0 saturated carbocycles. The molecule has 2 N–H and O–H groups in total. The van der Waals surface area contributed by atoms with Crippen LogP contribution in [0.15, 0.2) is 42.5 Å². The highest BCUT2D eigenvalue weighted by molar-refractivity contribution is 14.1. The van der Waals surface area contributed by atoms with Crippen LogP contribution < -0.4 is 5.73 Å². The molecule has 1 unspecified atom stereocenters. The van der Waals surface area contributed by atoms with Gasteiger partial charge in [-0.2, -0.15) is 0 Å². The molecule has 3 heteroatoms. The largest absolute Gasteiger partial charge is 0.320 e. The summed E-state index contributed by atoms with van der Waals surface area (Å²) >= 11 is 2.13. The molecule has 2 aromatic carbocycles. The van der Waals surface area contributed by atoms with Crippen LogP contribution in [0.5, 0.6) is 0 Å². The quantitative estimate of drug-likeness (QED) is 0.743. The minimum atomic E-state index is -0.228. The summed E-state index contributed by atoms with van der Waals surface area (Å²) in [5.74, 6) is -0.228. The van der Waals surface area contributed by atoms with Crippen LogP contribution in [-0.2, 0) is 5.41 Å². The first-order chi connectivity index (χ1) is 9.29. The van der Waals surface area contributed by atoms with Crippen LogP contribution in [0, 0.1) is 9.39 Å². The zero-order valence-electron chi connectivity index (χ0n) is 12.0. The third-order valence-corrected chi connectivity index (χ3v) is 4.37. The minimum absolute atomic E-state index is 0.132. The van der Waals surface area contributed by atoms with Crippen molar-refractivity contribution >= 4 is 22.6 Å². The van der Waals surface area contributed by atoms with Gasteiger partial charge in [0.2, 0.25) is 0 Å². The molecule has 2 rings (SSSR count). The molecule has 0 aromatic heterocycles. The molecule has 0 aliphatic rings. The highest BCUT2D eigenvalue weighted by Crippen LogP contribution is 2.27. The van der Waals surface area contributed by atoms with Crippen LogP contribution >= 0.6 is 22.6 Å². The van der Waals surface area contributed by atoms with Crippen LogP contribution in [-0.4, -0.2) is 0 Å². The SMILES string of the molecule is CC(C)(C)c1ccc(C(N)c2ccc(F)cc2I)cc1. The summed E-state index contributed by atoms with van der Waals surface area (Å²) in [6.45, 7) is 6.56. The predicted octanol–water partition coefficient (Wildman–Crippen LogP) is 4.78. The third kappa shape index (κ3) is 3.38. The maximum absolute atomic E-state index is 13.2. The Hall–Kier alpha value is -0.940. The minimum Gasteiger partial charge on any atom is -0.320 e. The average Bonchev–Trinajstić information content (AvgIpc) is 2.37. The van der Waals surface area contributed by atoms with E-state index in [4.69, 9.17) is 5.73 Å². The summed E-state index contributed by atoms with van der Waals surface area (Å²) in [6.07, 6.45) is 0. The highest BCUT2D eigenvalue weighted by atomic mass is 127. The molecule has 0 fully saturated rings. The van der Waals surface area contributed by atoms with E-state index in [1.54, 1.807) is 6.07 Å². The predicted molar refractivity (Wildman–Crippen MR) is 90.3 cm³/mol. The summed E-state index contributed by atoms with van der Waals surface area (Å²) in [5.41, 5.74) is 9.71. The van der Waals surface area contributed by atoms with E-state index in [9.17, 15) is 4.39 Å². The van der Waals surface area contributed by atoms with Gasteiger partial charge in [-0.3, -0.25) is 0 Å². The number of halogens is 2. The molecule has 20 heavy (non-hydrogen) atoms. The topological polar surface area (TPSA) is 26.0 Å². The van der Waals surface area contributed by atoms with E-state index in [-0.39, 0.29) is 17.3 Å². The Morgan fingerprint density at radius 3 is 2.15 bits per heavy atom. The second kappa shape index (κ2) is 5.82. The van der Waals surface area contributed by atoms with Crippen molar-refractivity contribution in [3.63, 3.8) is 0 Å². The van der Waals surface area contributed by atoms with Gasteiger partial charge in [-0.05, 0) is 56.8 Å². The molecular formula is C17H19FIN. The van der Waals surface area contributed by atoms with Crippen LogP contribution in [0.25, 0.3) is 0 Å². The van der Waals surface area contributed by atoms with Crippen molar-refractivity contribution < 1.29 is 4.39 Å². The lowest BCUT2D eigenvalue weighted by atomic mass is 9.86. The number of hydrogen-bond acceptors (Lipinski definition) is 1. The zero-order valence-corrected chi connectivity index (χ0v) is 14.1. The van der Waals surface area contributed by atoms with Crippen molar-refractivity contribution in [2.45, 2.75) is 32.2 Å². The number of hydrogen-bond donors (Lipinski definition) is 1. The second-order valence-corrected chi connectivity index (χ2v) is 7.18. The second-order valence-electron chi connectivity index (χ2n) is 6.02. The highest BCUT2D eigenvalue weighted by Gasteiger charge is 2.16. The zero-order chi connectivity index (χ0) is 14.9. The molecule has 1 atom stereocenters. The lowest BCUT2D eigenvalue weighted by Crippen LogP contribution is -2.15. The Morgan fingerprint density at radius 1 is 1.05 bits per heavy atom. The Labute approximate surface area is 133 Å². The molecule has 0 saturated heterocycles. The van der Waals surface area contributed by atoms with E-state index >= 15 is 0 Å². The monoisotopic (exact) mass is 383 g/mol. The first-order valence-electron chi connectivity index (χ1n) is 6.60. The molecule has 0 spiro atoms. The smallest absolute Gasteiger partial charge is 0.124 e. The van der Waals surface area contributed by atoms with Crippen molar-refractivity contribution in [3.8, 4) is 0 Å². The number of rotatable bonds is 2. The molecule has 0 aliphatic carbocycles. The average molecular weight is 383 g/mol.